The highest BCUT2D eigenvalue weighted by Crippen LogP contribution is 2.52. The maximum atomic E-state index is 10.2. The van der Waals surface area contributed by atoms with Crippen LogP contribution < -0.4 is 0 Å². The van der Waals surface area contributed by atoms with Gasteiger partial charge in [0.05, 0.1) is 6.10 Å². The van der Waals surface area contributed by atoms with E-state index >= 15 is 0 Å². The molecule has 0 aliphatic carbocycles. The van der Waals surface area contributed by atoms with Crippen LogP contribution >= 0.6 is 7.60 Å². The highest BCUT2D eigenvalue weighted by atomic mass is 31.2. The molecule has 1 saturated heterocycles. The van der Waals surface area contributed by atoms with Crippen molar-refractivity contribution in [2.24, 2.45) is 0 Å². The molecule has 0 amide bonds. The molecule has 0 unspecified atom stereocenters. The number of rotatable bonds is 1. The SMILES string of the molecule is C[C@@H]1O[C@@H]1P(=O)(O)O.O. The summed E-state index contributed by atoms with van der Waals surface area (Å²) < 4.78 is 14.7. The molecule has 1 fully saturated rings. The van der Waals surface area contributed by atoms with E-state index < -0.39 is 13.4 Å². The van der Waals surface area contributed by atoms with Gasteiger partial charge in [-0.1, -0.05) is 0 Å². The van der Waals surface area contributed by atoms with Crippen LogP contribution in [-0.2, 0) is 9.30 Å². The Morgan fingerprint density at radius 3 is 1.89 bits per heavy atom. The van der Waals surface area contributed by atoms with E-state index in [2.05, 4.69) is 4.74 Å². The standard InChI is InChI=1S/C3H7O4P.H2O/c1-2-3(7-2)8(4,5)6;/h2-3H,1H3,(H2,4,5,6);1H2/t2-,3+;/m0./s1. The molecule has 1 heterocycles. The van der Waals surface area contributed by atoms with Crippen molar-refractivity contribution in [2.45, 2.75) is 18.9 Å². The lowest BCUT2D eigenvalue weighted by molar-refractivity contribution is 0.333. The number of hydrogen-bond donors (Lipinski definition) is 2. The Kier molecular flexibility index (Phi) is 2.38. The minimum atomic E-state index is -3.90. The van der Waals surface area contributed by atoms with Crippen LogP contribution in [0.25, 0.3) is 0 Å². The molecule has 0 spiro atoms. The predicted molar refractivity (Wildman–Crippen MR) is 30.0 cm³/mol. The quantitative estimate of drug-likeness (QED) is 0.378. The van der Waals surface area contributed by atoms with Gasteiger partial charge in [0.25, 0.3) is 0 Å². The molecule has 1 aliphatic heterocycles. The Balaban J connectivity index is 0.000000640. The summed E-state index contributed by atoms with van der Waals surface area (Å²) in [5.74, 6) is -0.817. The zero-order valence-electron chi connectivity index (χ0n) is 4.81. The first-order valence-corrected chi connectivity index (χ1v) is 3.90. The van der Waals surface area contributed by atoms with Crippen LogP contribution in [0.2, 0.25) is 0 Å². The molecule has 0 saturated carbocycles. The normalized spacial score (nSPS) is 33.2. The Morgan fingerprint density at radius 2 is 1.89 bits per heavy atom. The predicted octanol–water partition coefficient (Wildman–Crippen LogP) is -0.916. The Labute approximate surface area is 52.1 Å². The lowest BCUT2D eigenvalue weighted by Crippen LogP contribution is -1.89. The van der Waals surface area contributed by atoms with E-state index in [0.717, 1.165) is 0 Å². The molecule has 4 N–H and O–H groups in total. The van der Waals surface area contributed by atoms with E-state index in [0.29, 0.717) is 0 Å². The number of hydrogen-bond acceptors (Lipinski definition) is 2. The summed E-state index contributed by atoms with van der Waals surface area (Å²) in [7, 11) is -3.90. The van der Waals surface area contributed by atoms with Gasteiger partial charge in [-0.3, -0.25) is 4.57 Å². The van der Waals surface area contributed by atoms with Crippen molar-refractivity contribution in [2.75, 3.05) is 0 Å². The minimum absolute atomic E-state index is 0. The highest BCUT2D eigenvalue weighted by Gasteiger charge is 2.48. The molecule has 1 rings (SSSR count). The number of ether oxygens (including phenoxy) is 1. The summed E-state index contributed by atoms with van der Waals surface area (Å²) in [6.07, 6.45) is -0.254. The maximum absolute atomic E-state index is 10.2. The van der Waals surface area contributed by atoms with Crippen molar-refractivity contribution in [3.05, 3.63) is 0 Å². The second-order valence-corrected chi connectivity index (χ2v) is 3.51. The summed E-state index contributed by atoms with van der Waals surface area (Å²) >= 11 is 0. The van der Waals surface area contributed by atoms with Crippen molar-refractivity contribution in [1.29, 1.82) is 0 Å². The average molecular weight is 156 g/mol. The zero-order chi connectivity index (χ0) is 6.36. The third-order valence-corrected chi connectivity index (χ3v) is 2.22. The van der Waals surface area contributed by atoms with Crippen molar-refractivity contribution in [3.63, 3.8) is 0 Å². The molecule has 56 valence electrons. The molecular formula is C3H9O5P. The molecule has 5 nitrogen and oxygen atoms in total. The fourth-order valence-electron chi connectivity index (χ4n) is 0.527. The first-order chi connectivity index (χ1) is 3.52. The lowest BCUT2D eigenvalue weighted by atomic mass is 10.6. The van der Waals surface area contributed by atoms with Crippen LogP contribution in [0, 0.1) is 0 Å². The maximum Gasteiger partial charge on any atom is 0.356 e. The average Bonchev–Trinajstić information content (AvgIpc) is 2.13. The molecule has 9 heavy (non-hydrogen) atoms. The van der Waals surface area contributed by atoms with Gasteiger partial charge in [0.2, 0.25) is 0 Å². The second-order valence-electron chi connectivity index (χ2n) is 1.82. The summed E-state index contributed by atoms with van der Waals surface area (Å²) in [5, 5.41) is 0. The Hall–Kier alpha value is 0.0700. The van der Waals surface area contributed by atoms with Gasteiger partial charge in [-0.25, -0.2) is 0 Å². The minimum Gasteiger partial charge on any atom is -0.412 e. The molecule has 6 heteroatoms. The van der Waals surface area contributed by atoms with Crippen molar-refractivity contribution >= 4 is 7.60 Å². The second kappa shape index (κ2) is 2.36. The van der Waals surface area contributed by atoms with Gasteiger partial charge in [-0.05, 0) is 6.92 Å². The molecule has 1 aliphatic rings. The fourth-order valence-corrected chi connectivity index (χ4v) is 1.42. The van der Waals surface area contributed by atoms with Crippen molar-refractivity contribution in [3.8, 4) is 0 Å². The van der Waals surface area contributed by atoms with Gasteiger partial charge < -0.3 is 20.0 Å². The third kappa shape index (κ3) is 2.04. The molecule has 0 aromatic rings. The summed E-state index contributed by atoms with van der Waals surface area (Å²) in [6.45, 7) is 1.63. The van der Waals surface area contributed by atoms with Crippen LogP contribution in [0.3, 0.4) is 0 Å². The van der Waals surface area contributed by atoms with Gasteiger partial charge in [0.15, 0.2) is 5.85 Å². The first kappa shape index (κ1) is 9.07. The third-order valence-electron chi connectivity index (χ3n) is 1.01. The molecular weight excluding hydrogens is 147 g/mol. The van der Waals surface area contributed by atoms with Crippen molar-refractivity contribution in [1.82, 2.24) is 0 Å². The summed E-state index contributed by atoms with van der Waals surface area (Å²) in [4.78, 5) is 16.6. The number of epoxide rings is 1. The van der Waals surface area contributed by atoms with Gasteiger partial charge in [-0.15, -0.1) is 0 Å². The molecule has 2 atom stereocenters. The molecule has 0 radical (unpaired) electrons. The molecule has 0 aromatic heterocycles. The molecule has 0 aromatic carbocycles. The summed E-state index contributed by atoms with van der Waals surface area (Å²) in [5.41, 5.74) is 0. The Bertz CT molecular complexity index is 139. The first-order valence-electron chi connectivity index (χ1n) is 2.22. The van der Waals surface area contributed by atoms with Crippen LogP contribution in [0.5, 0.6) is 0 Å². The van der Waals surface area contributed by atoms with Gasteiger partial charge in [-0.2, -0.15) is 0 Å². The van der Waals surface area contributed by atoms with Gasteiger partial charge >= 0.3 is 7.60 Å². The smallest absolute Gasteiger partial charge is 0.356 e. The zero-order valence-corrected chi connectivity index (χ0v) is 5.71. The highest BCUT2D eigenvalue weighted by molar-refractivity contribution is 7.52. The van der Waals surface area contributed by atoms with E-state index in [1.54, 1.807) is 6.92 Å². The molecule has 0 bridgehead atoms. The lowest BCUT2D eigenvalue weighted by Gasteiger charge is -1.93. The van der Waals surface area contributed by atoms with E-state index in [4.69, 9.17) is 9.79 Å². The van der Waals surface area contributed by atoms with Crippen LogP contribution in [-0.4, -0.2) is 27.2 Å². The van der Waals surface area contributed by atoms with Gasteiger partial charge in [0.1, 0.15) is 0 Å². The van der Waals surface area contributed by atoms with E-state index in [1.165, 1.54) is 0 Å². The van der Waals surface area contributed by atoms with Crippen LogP contribution in [0.15, 0.2) is 0 Å². The largest absolute Gasteiger partial charge is 0.412 e. The Morgan fingerprint density at radius 1 is 1.56 bits per heavy atom. The van der Waals surface area contributed by atoms with E-state index in [-0.39, 0.29) is 11.6 Å². The summed E-state index contributed by atoms with van der Waals surface area (Å²) in [6, 6.07) is 0. The van der Waals surface area contributed by atoms with Crippen molar-refractivity contribution < 1.29 is 24.6 Å². The van der Waals surface area contributed by atoms with Crippen LogP contribution in [0.4, 0.5) is 0 Å². The van der Waals surface area contributed by atoms with Crippen LogP contribution in [0.1, 0.15) is 6.92 Å². The fraction of sp³-hybridized carbons (Fsp3) is 1.00. The monoisotopic (exact) mass is 156 g/mol. The topological polar surface area (TPSA) is 102 Å². The van der Waals surface area contributed by atoms with E-state index in [1.807, 2.05) is 0 Å². The van der Waals surface area contributed by atoms with E-state index in [9.17, 15) is 4.57 Å². The van der Waals surface area contributed by atoms with Gasteiger partial charge in [0, 0.05) is 0 Å².